The molecule has 0 fully saturated rings. The van der Waals surface area contributed by atoms with Crippen molar-refractivity contribution >= 4 is 0 Å². The van der Waals surface area contributed by atoms with Crippen molar-refractivity contribution in [2.75, 3.05) is 13.2 Å². The van der Waals surface area contributed by atoms with Crippen molar-refractivity contribution in [3.63, 3.8) is 0 Å². The predicted octanol–water partition coefficient (Wildman–Crippen LogP) is 1.93. The van der Waals surface area contributed by atoms with Crippen molar-refractivity contribution in [3.05, 3.63) is 0 Å². The molecule has 0 amide bonds. The van der Waals surface area contributed by atoms with Gasteiger partial charge in [-0.05, 0) is 39.2 Å². The monoisotopic (exact) mass is 173 g/mol. The summed E-state index contributed by atoms with van der Waals surface area (Å²) in [5, 5.41) is 12.0. The van der Waals surface area contributed by atoms with E-state index in [4.69, 9.17) is 5.11 Å². The van der Waals surface area contributed by atoms with Crippen LogP contribution in [0.3, 0.4) is 0 Å². The SMILES string of the molecule is CCCCNC(C)CCCCO. The third-order valence-corrected chi connectivity index (χ3v) is 2.07. The lowest BCUT2D eigenvalue weighted by molar-refractivity contribution is 0.280. The zero-order valence-electron chi connectivity index (χ0n) is 8.47. The van der Waals surface area contributed by atoms with E-state index in [0.717, 1.165) is 19.4 Å². The van der Waals surface area contributed by atoms with Gasteiger partial charge in [-0.1, -0.05) is 13.3 Å². The second-order valence-corrected chi connectivity index (χ2v) is 3.43. The molecule has 0 aromatic rings. The highest BCUT2D eigenvalue weighted by Crippen LogP contribution is 1.99. The van der Waals surface area contributed by atoms with E-state index in [-0.39, 0.29) is 0 Å². The Balaban J connectivity index is 3.04. The zero-order valence-corrected chi connectivity index (χ0v) is 8.47. The van der Waals surface area contributed by atoms with E-state index in [0.29, 0.717) is 12.6 Å². The molecule has 2 N–H and O–H groups in total. The predicted molar refractivity (Wildman–Crippen MR) is 53.3 cm³/mol. The third-order valence-electron chi connectivity index (χ3n) is 2.07. The Morgan fingerprint density at radius 2 is 2.00 bits per heavy atom. The largest absolute Gasteiger partial charge is 0.396 e. The normalized spacial score (nSPS) is 13.2. The molecule has 0 saturated heterocycles. The smallest absolute Gasteiger partial charge is 0.0431 e. The van der Waals surface area contributed by atoms with E-state index < -0.39 is 0 Å². The second-order valence-electron chi connectivity index (χ2n) is 3.43. The molecule has 74 valence electrons. The summed E-state index contributed by atoms with van der Waals surface area (Å²) in [5.74, 6) is 0. The average Bonchev–Trinajstić information content (AvgIpc) is 2.06. The van der Waals surface area contributed by atoms with Gasteiger partial charge in [0.25, 0.3) is 0 Å². The molecule has 0 aliphatic carbocycles. The number of aliphatic hydroxyl groups excluding tert-OH is 1. The van der Waals surface area contributed by atoms with Crippen LogP contribution in [0.5, 0.6) is 0 Å². The van der Waals surface area contributed by atoms with Gasteiger partial charge in [0.2, 0.25) is 0 Å². The Morgan fingerprint density at radius 1 is 1.25 bits per heavy atom. The zero-order chi connectivity index (χ0) is 9.23. The average molecular weight is 173 g/mol. The Bertz CT molecular complexity index is 75.9. The summed E-state index contributed by atoms with van der Waals surface area (Å²) in [6, 6.07) is 0.614. The molecule has 1 unspecified atom stereocenters. The van der Waals surface area contributed by atoms with Crippen molar-refractivity contribution in [3.8, 4) is 0 Å². The number of hydrogen-bond acceptors (Lipinski definition) is 2. The summed E-state index contributed by atoms with van der Waals surface area (Å²) in [6.45, 7) is 5.89. The Hall–Kier alpha value is -0.0800. The summed E-state index contributed by atoms with van der Waals surface area (Å²) >= 11 is 0. The number of unbranched alkanes of at least 4 members (excludes halogenated alkanes) is 2. The molecular formula is C10H23NO. The quantitative estimate of drug-likeness (QED) is 0.550. The van der Waals surface area contributed by atoms with E-state index in [1.807, 2.05) is 0 Å². The molecule has 0 aliphatic rings. The van der Waals surface area contributed by atoms with E-state index in [1.54, 1.807) is 0 Å². The van der Waals surface area contributed by atoms with Crippen molar-refractivity contribution in [1.82, 2.24) is 5.32 Å². The van der Waals surface area contributed by atoms with Gasteiger partial charge in [0.1, 0.15) is 0 Å². The highest BCUT2D eigenvalue weighted by atomic mass is 16.2. The third kappa shape index (κ3) is 8.02. The number of rotatable bonds is 8. The molecule has 2 nitrogen and oxygen atoms in total. The van der Waals surface area contributed by atoms with Gasteiger partial charge in [-0.15, -0.1) is 0 Å². The maximum Gasteiger partial charge on any atom is 0.0431 e. The Labute approximate surface area is 76.4 Å². The van der Waals surface area contributed by atoms with Gasteiger partial charge in [-0.2, -0.15) is 0 Å². The first kappa shape index (κ1) is 11.9. The summed E-state index contributed by atoms with van der Waals surface area (Å²) in [7, 11) is 0. The maximum absolute atomic E-state index is 8.57. The summed E-state index contributed by atoms with van der Waals surface area (Å²) in [6.07, 6.45) is 5.79. The summed E-state index contributed by atoms with van der Waals surface area (Å²) in [4.78, 5) is 0. The van der Waals surface area contributed by atoms with E-state index in [1.165, 1.54) is 19.3 Å². The fourth-order valence-corrected chi connectivity index (χ4v) is 1.19. The fraction of sp³-hybridized carbons (Fsp3) is 1.00. The van der Waals surface area contributed by atoms with Gasteiger partial charge >= 0.3 is 0 Å². The molecule has 0 radical (unpaired) electrons. The van der Waals surface area contributed by atoms with Crippen LogP contribution in [0.2, 0.25) is 0 Å². The van der Waals surface area contributed by atoms with Crippen LogP contribution >= 0.6 is 0 Å². The lowest BCUT2D eigenvalue weighted by Gasteiger charge is -2.12. The van der Waals surface area contributed by atoms with Crippen LogP contribution in [0.25, 0.3) is 0 Å². The fourth-order valence-electron chi connectivity index (χ4n) is 1.19. The van der Waals surface area contributed by atoms with Gasteiger partial charge in [0.15, 0.2) is 0 Å². The lowest BCUT2D eigenvalue weighted by Crippen LogP contribution is -2.26. The lowest BCUT2D eigenvalue weighted by atomic mass is 10.1. The van der Waals surface area contributed by atoms with Crippen molar-refractivity contribution < 1.29 is 5.11 Å². The van der Waals surface area contributed by atoms with Crippen molar-refractivity contribution in [1.29, 1.82) is 0 Å². The first-order chi connectivity index (χ1) is 5.81. The van der Waals surface area contributed by atoms with Crippen LogP contribution in [0.1, 0.15) is 46.0 Å². The highest BCUT2D eigenvalue weighted by Gasteiger charge is 1.98. The molecule has 1 atom stereocenters. The van der Waals surface area contributed by atoms with Crippen LogP contribution in [-0.4, -0.2) is 24.3 Å². The minimum Gasteiger partial charge on any atom is -0.396 e. The first-order valence-electron chi connectivity index (χ1n) is 5.15. The molecular weight excluding hydrogens is 150 g/mol. The molecule has 0 aromatic heterocycles. The minimum atomic E-state index is 0.335. The molecule has 0 bridgehead atoms. The molecule has 2 heteroatoms. The molecule has 0 heterocycles. The van der Waals surface area contributed by atoms with Crippen molar-refractivity contribution in [2.45, 2.75) is 52.0 Å². The van der Waals surface area contributed by atoms with Crippen LogP contribution in [-0.2, 0) is 0 Å². The molecule has 0 rings (SSSR count). The molecule has 0 aromatic carbocycles. The summed E-state index contributed by atoms with van der Waals surface area (Å²) < 4.78 is 0. The van der Waals surface area contributed by atoms with Gasteiger partial charge in [0.05, 0.1) is 0 Å². The van der Waals surface area contributed by atoms with E-state index >= 15 is 0 Å². The second kappa shape index (κ2) is 9.01. The van der Waals surface area contributed by atoms with E-state index in [9.17, 15) is 0 Å². The Kier molecular flexibility index (Phi) is 8.95. The van der Waals surface area contributed by atoms with Gasteiger partial charge in [0, 0.05) is 12.6 Å². The highest BCUT2D eigenvalue weighted by molar-refractivity contribution is 4.59. The first-order valence-corrected chi connectivity index (χ1v) is 5.15. The van der Waals surface area contributed by atoms with Gasteiger partial charge < -0.3 is 10.4 Å². The van der Waals surface area contributed by atoms with Crippen LogP contribution in [0.4, 0.5) is 0 Å². The topological polar surface area (TPSA) is 32.3 Å². The van der Waals surface area contributed by atoms with Crippen LogP contribution < -0.4 is 5.32 Å². The van der Waals surface area contributed by atoms with Crippen LogP contribution in [0, 0.1) is 0 Å². The minimum absolute atomic E-state index is 0.335. The molecule has 12 heavy (non-hydrogen) atoms. The van der Waals surface area contributed by atoms with E-state index in [2.05, 4.69) is 19.2 Å². The summed E-state index contributed by atoms with van der Waals surface area (Å²) in [5.41, 5.74) is 0. The number of hydrogen-bond donors (Lipinski definition) is 2. The molecule has 0 spiro atoms. The molecule has 0 aliphatic heterocycles. The van der Waals surface area contributed by atoms with Gasteiger partial charge in [-0.3, -0.25) is 0 Å². The number of nitrogens with one attached hydrogen (secondary N) is 1. The maximum atomic E-state index is 8.57. The molecule has 0 saturated carbocycles. The number of aliphatic hydroxyl groups is 1. The Morgan fingerprint density at radius 3 is 2.58 bits per heavy atom. The standard InChI is InChI=1S/C10H23NO/c1-3-4-8-11-10(2)7-5-6-9-12/h10-12H,3-9H2,1-2H3. The van der Waals surface area contributed by atoms with Gasteiger partial charge in [-0.25, -0.2) is 0 Å². The van der Waals surface area contributed by atoms with Crippen molar-refractivity contribution in [2.24, 2.45) is 0 Å². The van der Waals surface area contributed by atoms with Crippen LogP contribution in [0.15, 0.2) is 0 Å².